The zero-order valence-corrected chi connectivity index (χ0v) is 16.6. The lowest BCUT2D eigenvalue weighted by Gasteiger charge is -2.10. The van der Waals surface area contributed by atoms with Crippen molar-refractivity contribution < 1.29 is 13.2 Å². The van der Waals surface area contributed by atoms with Crippen LogP contribution in [-0.2, 0) is 10.0 Å². The lowest BCUT2D eigenvalue weighted by atomic mass is 10.1. The number of nitrogens with zero attached hydrogens (tertiary/aromatic N) is 3. The van der Waals surface area contributed by atoms with Crippen molar-refractivity contribution in [2.75, 3.05) is 17.1 Å². The molecule has 4 aromatic rings. The van der Waals surface area contributed by atoms with Crippen LogP contribution in [0.3, 0.4) is 0 Å². The van der Waals surface area contributed by atoms with E-state index in [0.29, 0.717) is 17.2 Å². The smallest absolute Gasteiger partial charge is 0.236 e. The van der Waals surface area contributed by atoms with Crippen LogP contribution < -0.4 is 9.46 Å². The molecule has 0 saturated heterocycles. The molecule has 4 rings (SSSR count). The van der Waals surface area contributed by atoms with E-state index in [1.165, 1.54) is 0 Å². The van der Waals surface area contributed by atoms with Crippen LogP contribution in [0, 0.1) is 6.92 Å². The fraction of sp³-hybridized carbons (Fsp3) is 0.143. The molecule has 0 aliphatic carbocycles. The van der Waals surface area contributed by atoms with Crippen molar-refractivity contribution in [3.8, 4) is 17.0 Å². The van der Waals surface area contributed by atoms with Gasteiger partial charge in [0, 0.05) is 29.3 Å². The van der Waals surface area contributed by atoms with Crippen molar-refractivity contribution in [2.45, 2.75) is 6.92 Å². The van der Waals surface area contributed by atoms with Gasteiger partial charge in [0.15, 0.2) is 0 Å². The van der Waals surface area contributed by atoms with E-state index in [2.05, 4.69) is 14.7 Å². The fourth-order valence-electron chi connectivity index (χ4n) is 3.02. The Balaban J connectivity index is 1.48. The summed E-state index contributed by atoms with van der Waals surface area (Å²) in [6, 6.07) is 18.1. The van der Waals surface area contributed by atoms with Gasteiger partial charge < -0.3 is 4.74 Å². The summed E-state index contributed by atoms with van der Waals surface area (Å²) >= 11 is 0. The minimum atomic E-state index is -3.55. The summed E-state index contributed by atoms with van der Waals surface area (Å²) in [5, 5.41) is 0. The SMILES string of the molecule is Cc1c(-c2cccc(NS(=O)(=O)CCOc3ccccc3)c2)nc2ncccn12. The number of rotatable bonds is 7. The number of nitrogens with one attached hydrogen (secondary N) is 1. The quantitative estimate of drug-likeness (QED) is 0.506. The predicted molar refractivity (Wildman–Crippen MR) is 113 cm³/mol. The number of aryl methyl sites for hydroxylation is 1. The summed E-state index contributed by atoms with van der Waals surface area (Å²) in [6.07, 6.45) is 3.58. The molecular weight excluding hydrogens is 388 g/mol. The van der Waals surface area contributed by atoms with E-state index in [4.69, 9.17) is 4.74 Å². The number of fused-ring (bicyclic) bond motifs is 1. The Morgan fingerprint density at radius 2 is 1.90 bits per heavy atom. The number of para-hydroxylation sites is 1. The summed E-state index contributed by atoms with van der Waals surface area (Å²) < 4.78 is 34.8. The van der Waals surface area contributed by atoms with Gasteiger partial charge in [-0.15, -0.1) is 0 Å². The molecule has 0 aliphatic heterocycles. The molecule has 0 saturated carbocycles. The Hall–Kier alpha value is -3.39. The Labute approximate surface area is 169 Å². The third-order valence-electron chi connectivity index (χ3n) is 4.42. The van der Waals surface area contributed by atoms with Crippen molar-refractivity contribution in [2.24, 2.45) is 0 Å². The van der Waals surface area contributed by atoms with Crippen LogP contribution >= 0.6 is 0 Å². The van der Waals surface area contributed by atoms with Crippen molar-refractivity contribution in [1.82, 2.24) is 14.4 Å². The van der Waals surface area contributed by atoms with Crippen LogP contribution in [0.4, 0.5) is 5.69 Å². The number of benzene rings is 2. The Kier molecular flexibility index (Phi) is 5.18. The molecule has 0 amide bonds. The Morgan fingerprint density at radius 3 is 2.69 bits per heavy atom. The van der Waals surface area contributed by atoms with Crippen LogP contribution in [0.15, 0.2) is 73.1 Å². The molecule has 29 heavy (non-hydrogen) atoms. The molecule has 0 unspecified atom stereocenters. The van der Waals surface area contributed by atoms with Gasteiger partial charge in [-0.3, -0.25) is 9.12 Å². The molecular formula is C21H20N4O3S. The van der Waals surface area contributed by atoms with Gasteiger partial charge in [-0.05, 0) is 37.3 Å². The summed E-state index contributed by atoms with van der Waals surface area (Å²) in [6.45, 7) is 2.02. The number of aromatic nitrogens is 3. The molecule has 0 atom stereocenters. The molecule has 2 aromatic carbocycles. The lowest BCUT2D eigenvalue weighted by Crippen LogP contribution is -2.21. The first kappa shape index (κ1) is 18.9. The van der Waals surface area contributed by atoms with Gasteiger partial charge >= 0.3 is 0 Å². The number of ether oxygens (including phenoxy) is 1. The maximum absolute atomic E-state index is 12.4. The van der Waals surface area contributed by atoms with E-state index in [1.54, 1.807) is 36.5 Å². The molecule has 7 nitrogen and oxygen atoms in total. The maximum atomic E-state index is 12.4. The van der Waals surface area contributed by atoms with E-state index < -0.39 is 10.0 Å². The standard InChI is InChI=1S/C21H20N4O3S/c1-16-20(23-21-22-11-6-12-25(16)21)17-7-5-8-18(15-17)24-29(26,27)14-13-28-19-9-3-2-4-10-19/h2-12,15,24H,13-14H2,1H3. The van der Waals surface area contributed by atoms with Gasteiger partial charge in [0.1, 0.15) is 18.1 Å². The number of hydrogen-bond acceptors (Lipinski definition) is 5. The first-order valence-electron chi connectivity index (χ1n) is 9.10. The molecule has 148 valence electrons. The predicted octanol–water partition coefficient (Wildman–Crippen LogP) is 3.53. The molecule has 0 bridgehead atoms. The van der Waals surface area contributed by atoms with E-state index >= 15 is 0 Å². The first-order chi connectivity index (χ1) is 14.0. The molecule has 0 fully saturated rings. The highest BCUT2D eigenvalue weighted by molar-refractivity contribution is 7.92. The van der Waals surface area contributed by atoms with Crippen LogP contribution in [0.2, 0.25) is 0 Å². The number of sulfonamides is 1. The van der Waals surface area contributed by atoms with Crippen LogP contribution in [0.25, 0.3) is 17.0 Å². The van der Waals surface area contributed by atoms with Crippen molar-refractivity contribution in [3.63, 3.8) is 0 Å². The largest absolute Gasteiger partial charge is 0.492 e. The van der Waals surface area contributed by atoms with Crippen LogP contribution in [0.1, 0.15) is 5.69 Å². The van der Waals surface area contributed by atoms with Crippen molar-refractivity contribution in [1.29, 1.82) is 0 Å². The fourth-order valence-corrected chi connectivity index (χ4v) is 3.91. The third kappa shape index (κ3) is 4.38. The molecule has 2 heterocycles. The van der Waals surface area contributed by atoms with Gasteiger partial charge in [0.25, 0.3) is 0 Å². The van der Waals surface area contributed by atoms with Gasteiger partial charge in [-0.25, -0.2) is 18.4 Å². The minimum absolute atomic E-state index is 0.0657. The highest BCUT2D eigenvalue weighted by atomic mass is 32.2. The Morgan fingerprint density at radius 1 is 1.07 bits per heavy atom. The minimum Gasteiger partial charge on any atom is -0.492 e. The molecule has 0 spiro atoms. The van der Waals surface area contributed by atoms with Crippen molar-refractivity contribution in [3.05, 3.63) is 78.8 Å². The summed E-state index contributed by atoms with van der Waals surface area (Å²) in [4.78, 5) is 8.81. The second-order valence-corrected chi connectivity index (χ2v) is 8.34. The second-order valence-electron chi connectivity index (χ2n) is 6.50. The molecule has 2 aromatic heterocycles. The second kappa shape index (κ2) is 7.92. The van der Waals surface area contributed by atoms with Crippen molar-refractivity contribution >= 4 is 21.5 Å². The first-order valence-corrected chi connectivity index (χ1v) is 10.8. The summed E-state index contributed by atoms with van der Waals surface area (Å²) in [5.74, 6) is 1.09. The van der Waals surface area contributed by atoms with E-state index in [-0.39, 0.29) is 12.4 Å². The van der Waals surface area contributed by atoms with Gasteiger partial charge in [-0.1, -0.05) is 30.3 Å². The van der Waals surface area contributed by atoms with Crippen LogP contribution in [-0.4, -0.2) is 35.1 Å². The monoisotopic (exact) mass is 408 g/mol. The summed E-state index contributed by atoms with van der Waals surface area (Å²) in [5.41, 5.74) is 2.99. The topological polar surface area (TPSA) is 85.6 Å². The van der Waals surface area contributed by atoms with Gasteiger partial charge in [0.05, 0.1) is 5.69 Å². The highest BCUT2D eigenvalue weighted by Crippen LogP contribution is 2.26. The molecule has 0 aliphatic rings. The third-order valence-corrected chi connectivity index (χ3v) is 5.67. The van der Waals surface area contributed by atoms with E-state index in [9.17, 15) is 8.42 Å². The number of imidazole rings is 1. The average Bonchev–Trinajstić information content (AvgIpc) is 3.05. The molecule has 1 N–H and O–H groups in total. The highest BCUT2D eigenvalue weighted by Gasteiger charge is 2.14. The normalized spacial score (nSPS) is 11.5. The number of anilines is 1. The molecule has 8 heteroatoms. The zero-order chi connectivity index (χ0) is 20.3. The Bertz CT molecular complexity index is 1240. The number of hydrogen-bond donors (Lipinski definition) is 1. The zero-order valence-electron chi connectivity index (χ0n) is 15.8. The van der Waals surface area contributed by atoms with E-state index in [0.717, 1.165) is 17.0 Å². The average molecular weight is 408 g/mol. The maximum Gasteiger partial charge on any atom is 0.236 e. The van der Waals surface area contributed by atoms with E-state index in [1.807, 2.05) is 47.9 Å². The van der Waals surface area contributed by atoms with Gasteiger partial charge in [0.2, 0.25) is 15.8 Å². The lowest BCUT2D eigenvalue weighted by molar-refractivity contribution is 0.341. The van der Waals surface area contributed by atoms with Crippen LogP contribution in [0.5, 0.6) is 5.75 Å². The summed E-state index contributed by atoms with van der Waals surface area (Å²) in [7, 11) is -3.55. The van der Waals surface area contributed by atoms with Gasteiger partial charge in [-0.2, -0.15) is 0 Å². The molecule has 0 radical (unpaired) electrons.